The van der Waals surface area contributed by atoms with Crippen molar-refractivity contribution in [3.8, 4) is 0 Å². The molecule has 0 spiro atoms. The summed E-state index contributed by atoms with van der Waals surface area (Å²) in [6.07, 6.45) is 0.824. The first-order chi connectivity index (χ1) is 8.63. The van der Waals surface area contributed by atoms with Crippen LogP contribution in [-0.4, -0.2) is 5.91 Å². The molecular formula is C15H14ClNO. The summed E-state index contributed by atoms with van der Waals surface area (Å²) in [5.41, 5.74) is 3.18. The van der Waals surface area contributed by atoms with Crippen LogP contribution in [0.25, 0.3) is 0 Å². The molecular weight excluding hydrogens is 246 g/mol. The van der Waals surface area contributed by atoms with E-state index >= 15 is 0 Å². The van der Waals surface area contributed by atoms with Gasteiger partial charge >= 0.3 is 0 Å². The first kappa shape index (κ1) is 12.7. The van der Waals surface area contributed by atoms with E-state index in [4.69, 9.17) is 11.6 Å². The van der Waals surface area contributed by atoms with E-state index in [0.717, 1.165) is 22.7 Å². The average molecular weight is 260 g/mol. The smallest absolute Gasteiger partial charge is 0.221 e. The van der Waals surface area contributed by atoms with Crippen molar-refractivity contribution in [2.75, 3.05) is 5.32 Å². The van der Waals surface area contributed by atoms with Crippen LogP contribution >= 0.6 is 11.6 Å². The minimum Gasteiger partial charge on any atom is -0.326 e. The summed E-state index contributed by atoms with van der Waals surface area (Å²) in [7, 11) is 0. The van der Waals surface area contributed by atoms with E-state index in [1.54, 1.807) is 0 Å². The predicted molar refractivity (Wildman–Crippen MR) is 75.0 cm³/mol. The molecule has 2 aromatic carbocycles. The zero-order valence-electron chi connectivity index (χ0n) is 10.1. The summed E-state index contributed by atoms with van der Waals surface area (Å²) in [6.45, 7) is 1.51. The third-order valence-electron chi connectivity index (χ3n) is 2.57. The van der Waals surface area contributed by atoms with E-state index in [1.165, 1.54) is 12.5 Å². The molecule has 0 saturated heterocycles. The molecule has 3 heteroatoms. The number of anilines is 1. The predicted octanol–water partition coefficient (Wildman–Crippen LogP) is 3.89. The van der Waals surface area contributed by atoms with Crippen molar-refractivity contribution >= 4 is 23.2 Å². The van der Waals surface area contributed by atoms with E-state index in [9.17, 15) is 4.79 Å². The first-order valence-corrected chi connectivity index (χ1v) is 6.12. The fourth-order valence-corrected chi connectivity index (χ4v) is 1.93. The highest BCUT2D eigenvalue weighted by Crippen LogP contribution is 2.16. The van der Waals surface area contributed by atoms with Crippen LogP contribution < -0.4 is 5.32 Å². The number of nitrogens with one attached hydrogen (secondary N) is 1. The Morgan fingerprint density at radius 3 is 2.50 bits per heavy atom. The molecule has 2 aromatic rings. The lowest BCUT2D eigenvalue weighted by Gasteiger charge is -2.06. The molecule has 0 fully saturated rings. The summed E-state index contributed by atoms with van der Waals surface area (Å²) in [6, 6.07) is 15.6. The van der Waals surface area contributed by atoms with Crippen LogP contribution in [0.3, 0.4) is 0 Å². The van der Waals surface area contributed by atoms with Crippen LogP contribution in [0.2, 0.25) is 5.02 Å². The average Bonchev–Trinajstić information content (AvgIpc) is 2.32. The van der Waals surface area contributed by atoms with Crippen LogP contribution in [0.5, 0.6) is 0 Å². The number of halogens is 1. The molecule has 1 amide bonds. The second-order valence-electron chi connectivity index (χ2n) is 4.18. The standard InChI is InChI=1S/C15H14ClNO/c1-11(18)17-15-4-2-3-13(10-15)9-12-5-7-14(16)8-6-12/h2-8,10H,9H2,1H3,(H,17,18). The summed E-state index contributed by atoms with van der Waals surface area (Å²) >= 11 is 5.85. The van der Waals surface area contributed by atoms with Crippen molar-refractivity contribution in [1.29, 1.82) is 0 Å². The summed E-state index contributed by atoms with van der Waals surface area (Å²) < 4.78 is 0. The number of rotatable bonds is 3. The number of hydrogen-bond donors (Lipinski definition) is 1. The van der Waals surface area contributed by atoms with Crippen molar-refractivity contribution in [1.82, 2.24) is 0 Å². The molecule has 0 aliphatic carbocycles. The molecule has 2 rings (SSSR count). The lowest BCUT2D eigenvalue weighted by Crippen LogP contribution is -2.05. The lowest BCUT2D eigenvalue weighted by atomic mass is 10.0. The number of amides is 1. The number of benzene rings is 2. The quantitative estimate of drug-likeness (QED) is 0.890. The van der Waals surface area contributed by atoms with Crippen molar-refractivity contribution in [3.63, 3.8) is 0 Å². The van der Waals surface area contributed by atoms with Crippen LogP contribution in [0.4, 0.5) is 5.69 Å². The molecule has 0 aromatic heterocycles. The summed E-state index contributed by atoms with van der Waals surface area (Å²) in [4.78, 5) is 11.0. The number of carbonyl (C=O) groups is 1. The Kier molecular flexibility index (Phi) is 4.00. The fraction of sp³-hybridized carbons (Fsp3) is 0.133. The molecule has 0 radical (unpaired) electrons. The highest BCUT2D eigenvalue weighted by atomic mass is 35.5. The summed E-state index contributed by atoms with van der Waals surface area (Å²) in [5.74, 6) is -0.0568. The van der Waals surface area contributed by atoms with Gasteiger partial charge in [0.25, 0.3) is 0 Å². The highest BCUT2D eigenvalue weighted by Gasteiger charge is 2.00. The van der Waals surface area contributed by atoms with Gasteiger partial charge in [0.1, 0.15) is 0 Å². The molecule has 0 unspecified atom stereocenters. The minimum atomic E-state index is -0.0568. The maximum atomic E-state index is 11.0. The monoisotopic (exact) mass is 259 g/mol. The Bertz CT molecular complexity index is 549. The molecule has 2 nitrogen and oxygen atoms in total. The topological polar surface area (TPSA) is 29.1 Å². The molecule has 0 saturated carbocycles. The minimum absolute atomic E-state index is 0.0568. The van der Waals surface area contributed by atoms with Gasteiger partial charge in [0.2, 0.25) is 5.91 Å². The Morgan fingerprint density at radius 2 is 1.83 bits per heavy atom. The van der Waals surface area contributed by atoms with E-state index in [0.29, 0.717) is 0 Å². The normalized spacial score (nSPS) is 10.1. The number of hydrogen-bond acceptors (Lipinski definition) is 1. The second kappa shape index (κ2) is 5.69. The number of carbonyl (C=O) groups excluding carboxylic acids is 1. The third kappa shape index (κ3) is 3.60. The molecule has 92 valence electrons. The Balaban J connectivity index is 2.13. The highest BCUT2D eigenvalue weighted by molar-refractivity contribution is 6.30. The van der Waals surface area contributed by atoms with Gasteiger partial charge in [-0.3, -0.25) is 4.79 Å². The van der Waals surface area contributed by atoms with Gasteiger partial charge in [-0.1, -0.05) is 35.9 Å². The van der Waals surface area contributed by atoms with Gasteiger partial charge in [-0.25, -0.2) is 0 Å². The van der Waals surface area contributed by atoms with Gasteiger partial charge < -0.3 is 5.32 Å². The second-order valence-corrected chi connectivity index (χ2v) is 4.62. The van der Waals surface area contributed by atoms with Gasteiger partial charge in [0.05, 0.1) is 0 Å². The SMILES string of the molecule is CC(=O)Nc1cccc(Cc2ccc(Cl)cc2)c1. The fourth-order valence-electron chi connectivity index (χ4n) is 1.80. The molecule has 0 atom stereocenters. The molecule has 0 heterocycles. The molecule has 0 bridgehead atoms. The van der Waals surface area contributed by atoms with Crippen LogP contribution in [0, 0.1) is 0 Å². The van der Waals surface area contributed by atoms with E-state index in [2.05, 4.69) is 5.32 Å². The Labute approximate surface area is 112 Å². The van der Waals surface area contributed by atoms with Crippen molar-refractivity contribution in [2.45, 2.75) is 13.3 Å². The zero-order valence-corrected chi connectivity index (χ0v) is 10.9. The van der Waals surface area contributed by atoms with Gasteiger partial charge in [-0.2, -0.15) is 0 Å². The van der Waals surface area contributed by atoms with E-state index < -0.39 is 0 Å². The molecule has 0 aliphatic rings. The zero-order chi connectivity index (χ0) is 13.0. The molecule has 0 aliphatic heterocycles. The van der Waals surface area contributed by atoms with Gasteiger partial charge in [-0.05, 0) is 41.8 Å². The van der Waals surface area contributed by atoms with Crippen LogP contribution in [0.1, 0.15) is 18.1 Å². The lowest BCUT2D eigenvalue weighted by molar-refractivity contribution is -0.114. The van der Waals surface area contributed by atoms with E-state index in [-0.39, 0.29) is 5.91 Å². The van der Waals surface area contributed by atoms with Gasteiger partial charge in [-0.15, -0.1) is 0 Å². The van der Waals surface area contributed by atoms with Crippen molar-refractivity contribution in [2.24, 2.45) is 0 Å². The van der Waals surface area contributed by atoms with Crippen molar-refractivity contribution in [3.05, 3.63) is 64.7 Å². The van der Waals surface area contributed by atoms with Crippen molar-refractivity contribution < 1.29 is 4.79 Å². The maximum Gasteiger partial charge on any atom is 0.221 e. The van der Waals surface area contributed by atoms with Gasteiger partial charge in [0, 0.05) is 17.6 Å². The molecule has 18 heavy (non-hydrogen) atoms. The first-order valence-electron chi connectivity index (χ1n) is 5.74. The Hall–Kier alpha value is -1.80. The maximum absolute atomic E-state index is 11.0. The Morgan fingerprint density at radius 1 is 1.11 bits per heavy atom. The van der Waals surface area contributed by atoms with Crippen LogP contribution in [0.15, 0.2) is 48.5 Å². The van der Waals surface area contributed by atoms with Gasteiger partial charge in [0.15, 0.2) is 0 Å². The van der Waals surface area contributed by atoms with E-state index in [1.807, 2.05) is 48.5 Å². The molecule has 1 N–H and O–H groups in total. The van der Waals surface area contributed by atoms with Crippen LogP contribution in [-0.2, 0) is 11.2 Å². The third-order valence-corrected chi connectivity index (χ3v) is 2.82. The summed E-state index contributed by atoms with van der Waals surface area (Å²) in [5, 5.41) is 3.52. The largest absolute Gasteiger partial charge is 0.326 e.